The minimum Gasteiger partial charge on any atom is -0.395 e. The van der Waals surface area contributed by atoms with Gasteiger partial charge in [-0.2, -0.15) is 0 Å². The summed E-state index contributed by atoms with van der Waals surface area (Å²) >= 11 is 0. The fraction of sp³-hybridized carbons (Fsp3) is 0.571. The van der Waals surface area contributed by atoms with Gasteiger partial charge in [-0.3, -0.25) is 4.90 Å². The highest BCUT2D eigenvalue weighted by Crippen LogP contribution is 2.24. The van der Waals surface area contributed by atoms with E-state index < -0.39 is 0 Å². The molecule has 0 saturated carbocycles. The van der Waals surface area contributed by atoms with Crippen LogP contribution >= 0.6 is 0 Å². The molecule has 0 spiro atoms. The summed E-state index contributed by atoms with van der Waals surface area (Å²) in [6.45, 7) is 7.78. The van der Waals surface area contributed by atoms with Crippen molar-refractivity contribution in [1.82, 2.24) is 4.90 Å². The zero-order valence-electron chi connectivity index (χ0n) is 11.1. The highest BCUT2D eigenvalue weighted by Gasteiger charge is 2.22. The molecule has 1 unspecified atom stereocenters. The Balaban J connectivity index is 3.00. The number of benzene rings is 1. The molecule has 0 aromatic heterocycles. The predicted octanol–water partition coefficient (Wildman–Crippen LogP) is 1.70. The summed E-state index contributed by atoms with van der Waals surface area (Å²) in [6, 6.07) is 8.87. The van der Waals surface area contributed by atoms with Gasteiger partial charge in [0, 0.05) is 25.2 Å². The topological polar surface area (TPSA) is 49.5 Å². The third kappa shape index (κ3) is 3.53. The third-order valence-corrected chi connectivity index (χ3v) is 3.19. The van der Waals surface area contributed by atoms with E-state index in [4.69, 9.17) is 10.8 Å². The molecule has 96 valence electrons. The first-order chi connectivity index (χ1) is 8.11. The van der Waals surface area contributed by atoms with Crippen molar-refractivity contribution >= 4 is 0 Å². The van der Waals surface area contributed by atoms with E-state index in [1.54, 1.807) is 0 Å². The molecule has 3 N–H and O–H groups in total. The number of rotatable bonds is 6. The lowest BCUT2D eigenvalue weighted by atomic mass is 9.99. The van der Waals surface area contributed by atoms with Crippen molar-refractivity contribution in [3.05, 3.63) is 35.4 Å². The van der Waals surface area contributed by atoms with Crippen LogP contribution in [0.4, 0.5) is 0 Å². The second-order valence-electron chi connectivity index (χ2n) is 4.66. The van der Waals surface area contributed by atoms with E-state index in [0.29, 0.717) is 19.1 Å². The number of hydrogen-bond donors (Lipinski definition) is 2. The van der Waals surface area contributed by atoms with Crippen molar-refractivity contribution in [2.24, 2.45) is 5.73 Å². The van der Waals surface area contributed by atoms with Gasteiger partial charge in [0.1, 0.15) is 0 Å². The highest BCUT2D eigenvalue weighted by atomic mass is 16.3. The van der Waals surface area contributed by atoms with Crippen molar-refractivity contribution in [3.63, 3.8) is 0 Å². The first kappa shape index (κ1) is 14.2. The van der Waals surface area contributed by atoms with Crippen molar-refractivity contribution in [3.8, 4) is 0 Å². The fourth-order valence-electron chi connectivity index (χ4n) is 2.29. The molecule has 1 rings (SSSR count). The molecule has 0 radical (unpaired) electrons. The smallest absolute Gasteiger partial charge is 0.0558 e. The Morgan fingerprint density at radius 2 is 1.94 bits per heavy atom. The average Bonchev–Trinajstić information content (AvgIpc) is 2.31. The van der Waals surface area contributed by atoms with Crippen molar-refractivity contribution in [1.29, 1.82) is 0 Å². The van der Waals surface area contributed by atoms with Gasteiger partial charge in [0.25, 0.3) is 0 Å². The Morgan fingerprint density at radius 1 is 1.29 bits per heavy atom. The maximum Gasteiger partial charge on any atom is 0.0558 e. The maximum absolute atomic E-state index is 9.16. The van der Waals surface area contributed by atoms with Gasteiger partial charge in [-0.25, -0.2) is 0 Å². The molecular formula is C14H24N2O. The van der Waals surface area contributed by atoms with Crippen molar-refractivity contribution in [2.75, 3.05) is 19.7 Å². The molecule has 1 aromatic rings. The lowest BCUT2D eigenvalue weighted by Gasteiger charge is -2.34. The van der Waals surface area contributed by atoms with E-state index in [2.05, 4.69) is 37.8 Å². The minimum absolute atomic E-state index is 0.167. The number of aryl methyl sites for hydroxylation is 1. The monoisotopic (exact) mass is 236 g/mol. The standard InChI is InChI=1S/C14H24N2O/c1-11(2)16(8-9-17)14(10-15)13-7-5-4-6-12(13)3/h4-7,11,14,17H,8-10,15H2,1-3H3. The molecule has 3 heteroatoms. The van der Waals surface area contributed by atoms with E-state index in [9.17, 15) is 0 Å². The average molecular weight is 236 g/mol. The Hall–Kier alpha value is -0.900. The SMILES string of the molecule is Cc1ccccc1C(CN)N(CCO)C(C)C. The predicted molar refractivity (Wildman–Crippen MR) is 71.9 cm³/mol. The van der Waals surface area contributed by atoms with Gasteiger partial charge in [-0.15, -0.1) is 0 Å². The summed E-state index contributed by atoms with van der Waals surface area (Å²) < 4.78 is 0. The Morgan fingerprint density at radius 3 is 2.41 bits per heavy atom. The number of aliphatic hydroxyl groups excluding tert-OH is 1. The second kappa shape index (κ2) is 6.74. The lowest BCUT2D eigenvalue weighted by molar-refractivity contribution is 0.120. The number of nitrogens with two attached hydrogens (primary N) is 1. The largest absolute Gasteiger partial charge is 0.395 e. The lowest BCUT2D eigenvalue weighted by Crippen LogP contribution is -2.40. The molecule has 0 aliphatic rings. The van der Waals surface area contributed by atoms with E-state index in [1.807, 2.05) is 12.1 Å². The first-order valence-electron chi connectivity index (χ1n) is 6.24. The van der Waals surface area contributed by atoms with Gasteiger partial charge in [0.15, 0.2) is 0 Å². The molecule has 0 heterocycles. The number of aliphatic hydroxyl groups is 1. The molecule has 0 aliphatic carbocycles. The van der Waals surface area contributed by atoms with Crippen LogP contribution in [0.3, 0.4) is 0 Å². The van der Waals surface area contributed by atoms with Gasteiger partial charge >= 0.3 is 0 Å². The third-order valence-electron chi connectivity index (χ3n) is 3.19. The van der Waals surface area contributed by atoms with E-state index in [-0.39, 0.29) is 12.6 Å². The summed E-state index contributed by atoms with van der Waals surface area (Å²) in [7, 11) is 0. The van der Waals surface area contributed by atoms with Gasteiger partial charge in [-0.05, 0) is 31.9 Å². The molecule has 3 nitrogen and oxygen atoms in total. The molecule has 1 atom stereocenters. The van der Waals surface area contributed by atoms with E-state index >= 15 is 0 Å². The van der Waals surface area contributed by atoms with Crippen LogP contribution in [0.1, 0.15) is 31.0 Å². The highest BCUT2D eigenvalue weighted by molar-refractivity contribution is 5.29. The van der Waals surface area contributed by atoms with Crippen LogP contribution < -0.4 is 5.73 Å². The van der Waals surface area contributed by atoms with Gasteiger partial charge in [0.05, 0.1) is 6.61 Å². The zero-order valence-corrected chi connectivity index (χ0v) is 11.1. The molecule has 17 heavy (non-hydrogen) atoms. The van der Waals surface area contributed by atoms with Crippen LogP contribution in [0.25, 0.3) is 0 Å². The molecule has 0 aliphatic heterocycles. The molecule has 0 bridgehead atoms. The maximum atomic E-state index is 9.16. The normalized spacial score (nSPS) is 13.4. The summed E-state index contributed by atoms with van der Waals surface area (Å²) in [6.07, 6.45) is 0. The second-order valence-corrected chi connectivity index (χ2v) is 4.66. The van der Waals surface area contributed by atoms with E-state index in [1.165, 1.54) is 11.1 Å². The minimum atomic E-state index is 0.167. The Kier molecular flexibility index (Phi) is 5.62. The Labute approximate surface area is 104 Å². The first-order valence-corrected chi connectivity index (χ1v) is 6.24. The van der Waals surface area contributed by atoms with Crippen LogP contribution in [-0.4, -0.2) is 35.7 Å². The quantitative estimate of drug-likeness (QED) is 0.790. The summed E-state index contributed by atoms with van der Waals surface area (Å²) in [5.74, 6) is 0. The van der Waals surface area contributed by atoms with Crippen LogP contribution in [0.15, 0.2) is 24.3 Å². The van der Waals surface area contributed by atoms with Crippen LogP contribution in [-0.2, 0) is 0 Å². The van der Waals surface area contributed by atoms with Crippen LogP contribution in [0.5, 0.6) is 0 Å². The number of hydrogen-bond acceptors (Lipinski definition) is 3. The van der Waals surface area contributed by atoms with Gasteiger partial charge in [-0.1, -0.05) is 24.3 Å². The van der Waals surface area contributed by atoms with Gasteiger partial charge in [0.2, 0.25) is 0 Å². The van der Waals surface area contributed by atoms with Crippen LogP contribution in [0, 0.1) is 6.92 Å². The molecule has 0 saturated heterocycles. The van der Waals surface area contributed by atoms with Crippen molar-refractivity contribution in [2.45, 2.75) is 32.9 Å². The summed E-state index contributed by atoms with van der Waals surface area (Å²) in [4.78, 5) is 2.25. The van der Waals surface area contributed by atoms with Crippen molar-refractivity contribution < 1.29 is 5.11 Å². The fourth-order valence-corrected chi connectivity index (χ4v) is 2.29. The van der Waals surface area contributed by atoms with Crippen LogP contribution in [0.2, 0.25) is 0 Å². The zero-order chi connectivity index (χ0) is 12.8. The summed E-state index contributed by atoms with van der Waals surface area (Å²) in [5.41, 5.74) is 8.44. The Bertz CT molecular complexity index is 339. The molecule has 0 fully saturated rings. The molecule has 1 aromatic carbocycles. The summed E-state index contributed by atoms with van der Waals surface area (Å²) in [5, 5.41) is 9.16. The van der Waals surface area contributed by atoms with E-state index in [0.717, 1.165) is 0 Å². The molecule has 0 amide bonds. The van der Waals surface area contributed by atoms with Gasteiger partial charge < -0.3 is 10.8 Å². The number of nitrogens with zero attached hydrogens (tertiary/aromatic N) is 1. The molecular weight excluding hydrogens is 212 g/mol.